The number of methoxy groups -OCH3 is 1. The third kappa shape index (κ3) is 6.52. The molecule has 1 heterocycles. The molecule has 0 bridgehead atoms. The van der Waals surface area contributed by atoms with E-state index in [2.05, 4.69) is 58.5 Å². The summed E-state index contributed by atoms with van der Waals surface area (Å²) in [5, 5.41) is 3.32. The highest BCUT2D eigenvalue weighted by Gasteiger charge is 2.19. The molecule has 0 atom stereocenters. The van der Waals surface area contributed by atoms with Crippen molar-refractivity contribution in [2.24, 2.45) is 0 Å². The van der Waals surface area contributed by atoms with Gasteiger partial charge in [0.2, 0.25) is 0 Å². The second-order valence-electron chi connectivity index (χ2n) is 9.73. The van der Waals surface area contributed by atoms with Crippen LogP contribution < -0.4 is 15.0 Å². The summed E-state index contributed by atoms with van der Waals surface area (Å²) >= 11 is 0. The van der Waals surface area contributed by atoms with E-state index >= 15 is 0 Å². The summed E-state index contributed by atoms with van der Waals surface area (Å²) in [6.07, 6.45) is 4.78. The smallest absolute Gasteiger partial charge is 0.267 e. The normalized spacial score (nSPS) is 13.8. The Bertz CT molecular complexity index is 1280. The molecule has 6 heteroatoms. The number of aromatic nitrogens is 2. The first kappa shape index (κ1) is 24.9. The fourth-order valence-corrected chi connectivity index (χ4v) is 5.01. The number of hydrogen-bond donors (Lipinski definition) is 1. The van der Waals surface area contributed by atoms with Gasteiger partial charge in [-0.15, -0.1) is 0 Å². The van der Waals surface area contributed by atoms with Gasteiger partial charge in [-0.1, -0.05) is 60.7 Å². The topological polar surface area (TPSA) is 59.5 Å². The number of H-pyrrole nitrogens is 1. The Balaban J connectivity index is 1.31. The summed E-state index contributed by atoms with van der Waals surface area (Å²) in [4.78, 5) is 15.3. The van der Waals surface area contributed by atoms with Gasteiger partial charge in [0, 0.05) is 31.3 Å². The average molecular weight is 498 g/mol. The molecule has 37 heavy (non-hydrogen) atoms. The van der Waals surface area contributed by atoms with E-state index in [-0.39, 0.29) is 11.7 Å². The highest BCUT2D eigenvalue weighted by atomic mass is 16.5. The molecule has 4 aromatic rings. The Morgan fingerprint density at radius 2 is 1.51 bits per heavy atom. The van der Waals surface area contributed by atoms with E-state index in [1.54, 1.807) is 17.9 Å². The Morgan fingerprint density at radius 1 is 0.865 bits per heavy atom. The SMILES string of the molecule is COc1ccc(-c2cc(=O)n(CCN(Cc3ccccc3)Cc3ccccc3)[nH]2)cc1OC1CCCC1. The first-order valence-corrected chi connectivity index (χ1v) is 13.1. The van der Waals surface area contributed by atoms with Gasteiger partial charge in [0.25, 0.3) is 5.56 Å². The largest absolute Gasteiger partial charge is 0.493 e. The van der Waals surface area contributed by atoms with E-state index in [0.717, 1.165) is 55.2 Å². The lowest BCUT2D eigenvalue weighted by atomic mass is 10.1. The molecule has 0 amide bonds. The fourth-order valence-electron chi connectivity index (χ4n) is 5.01. The van der Waals surface area contributed by atoms with Crippen molar-refractivity contribution in [1.29, 1.82) is 0 Å². The number of rotatable bonds is 11. The Kier molecular flexibility index (Phi) is 8.06. The van der Waals surface area contributed by atoms with Gasteiger partial charge in [-0.3, -0.25) is 19.5 Å². The lowest BCUT2D eigenvalue weighted by Crippen LogP contribution is -2.29. The van der Waals surface area contributed by atoms with Gasteiger partial charge < -0.3 is 9.47 Å². The molecule has 6 nitrogen and oxygen atoms in total. The second-order valence-corrected chi connectivity index (χ2v) is 9.73. The van der Waals surface area contributed by atoms with Crippen LogP contribution in [0.15, 0.2) is 89.7 Å². The average Bonchev–Trinajstić information content (AvgIpc) is 3.58. The molecule has 0 saturated heterocycles. The number of ether oxygens (including phenoxy) is 2. The molecular formula is C31H35N3O3. The number of nitrogens with one attached hydrogen (secondary N) is 1. The maximum atomic E-state index is 12.9. The maximum Gasteiger partial charge on any atom is 0.267 e. The van der Waals surface area contributed by atoms with Crippen molar-refractivity contribution in [2.45, 2.75) is 51.4 Å². The lowest BCUT2D eigenvalue weighted by Gasteiger charge is -2.22. The van der Waals surface area contributed by atoms with Crippen LogP contribution in [0.3, 0.4) is 0 Å². The molecule has 3 aromatic carbocycles. The summed E-state index contributed by atoms with van der Waals surface area (Å²) in [5.41, 5.74) is 4.16. The zero-order chi connectivity index (χ0) is 25.5. The van der Waals surface area contributed by atoms with Gasteiger partial charge in [-0.25, -0.2) is 0 Å². The van der Waals surface area contributed by atoms with Crippen LogP contribution >= 0.6 is 0 Å². The minimum atomic E-state index is -0.0385. The fraction of sp³-hybridized carbons (Fsp3) is 0.323. The van der Waals surface area contributed by atoms with E-state index in [9.17, 15) is 4.79 Å². The molecule has 5 rings (SSSR count). The summed E-state index contributed by atoms with van der Waals surface area (Å²) in [7, 11) is 1.66. The number of hydrogen-bond acceptors (Lipinski definition) is 4. The van der Waals surface area contributed by atoms with E-state index < -0.39 is 0 Å². The second kappa shape index (κ2) is 12.0. The van der Waals surface area contributed by atoms with Gasteiger partial charge in [-0.2, -0.15) is 0 Å². The Morgan fingerprint density at radius 3 is 2.14 bits per heavy atom. The van der Waals surface area contributed by atoms with E-state index in [1.165, 1.54) is 24.0 Å². The first-order chi connectivity index (χ1) is 18.2. The molecule has 1 N–H and O–H groups in total. The van der Waals surface area contributed by atoms with Crippen LogP contribution in [0, 0.1) is 0 Å². The molecule has 1 aliphatic carbocycles. The maximum absolute atomic E-state index is 12.9. The van der Waals surface area contributed by atoms with E-state index in [4.69, 9.17) is 9.47 Å². The van der Waals surface area contributed by atoms with Crippen LogP contribution in [0.1, 0.15) is 36.8 Å². The van der Waals surface area contributed by atoms with Crippen molar-refractivity contribution in [3.05, 3.63) is 106 Å². The van der Waals surface area contributed by atoms with Crippen LogP contribution in [0.2, 0.25) is 0 Å². The lowest BCUT2D eigenvalue weighted by molar-refractivity contribution is 0.201. The molecule has 0 aliphatic heterocycles. The van der Waals surface area contributed by atoms with Crippen molar-refractivity contribution >= 4 is 0 Å². The summed E-state index contributed by atoms with van der Waals surface area (Å²) in [6, 6.07) is 28.4. The van der Waals surface area contributed by atoms with Crippen molar-refractivity contribution < 1.29 is 9.47 Å². The predicted molar refractivity (Wildman–Crippen MR) is 147 cm³/mol. The highest BCUT2D eigenvalue weighted by Crippen LogP contribution is 2.34. The quantitative estimate of drug-likeness (QED) is 0.281. The monoisotopic (exact) mass is 497 g/mol. The van der Waals surface area contributed by atoms with Crippen molar-refractivity contribution in [2.75, 3.05) is 13.7 Å². The van der Waals surface area contributed by atoms with Gasteiger partial charge in [0.05, 0.1) is 25.5 Å². The van der Waals surface area contributed by atoms with Crippen LogP contribution in [0.4, 0.5) is 0 Å². The molecule has 0 radical (unpaired) electrons. The Labute approximate surface area is 218 Å². The first-order valence-electron chi connectivity index (χ1n) is 13.1. The molecular weight excluding hydrogens is 462 g/mol. The van der Waals surface area contributed by atoms with Crippen LogP contribution in [0.25, 0.3) is 11.3 Å². The van der Waals surface area contributed by atoms with E-state index in [1.807, 2.05) is 30.3 Å². The third-order valence-corrected chi connectivity index (χ3v) is 7.00. The number of aromatic amines is 1. The van der Waals surface area contributed by atoms with Crippen molar-refractivity contribution in [1.82, 2.24) is 14.7 Å². The summed E-state index contributed by atoms with van der Waals surface area (Å²) in [5.74, 6) is 1.45. The highest BCUT2D eigenvalue weighted by molar-refractivity contribution is 5.63. The minimum Gasteiger partial charge on any atom is -0.493 e. The third-order valence-electron chi connectivity index (χ3n) is 7.00. The van der Waals surface area contributed by atoms with Crippen LogP contribution in [-0.4, -0.2) is 34.4 Å². The molecule has 1 fully saturated rings. The van der Waals surface area contributed by atoms with Crippen molar-refractivity contribution in [3.63, 3.8) is 0 Å². The molecule has 1 aliphatic rings. The minimum absolute atomic E-state index is 0.0385. The molecule has 1 saturated carbocycles. The standard InChI is InChI=1S/C31H35N3O3/c1-36-29-17-16-26(20-30(29)37-27-14-8-9-15-27)28-21-31(35)34(32-28)19-18-33(22-24-10-4-2-5-11-24)23-25-12-6-3-7-13-25/h2-7,10-13,16-17,20-21,27,32H,8-9,14-15,18-19,22-23H2,1H3. The molecule has 0 unspecified atom stereocenters. The molecule has 1 aromatic heterocycles. The number of nitrogens with zero attached hydrogens (tertiary/aromatic N) is 2. The van der Waals surface area contributed by atoms with Gasteiger partial charge in [-0.05, 0) is 55.0 Å². The molecule has 0 spiro atoms. The molecule has 192 valence electrons. The van der Waals surface area contributed by atoms with Crippen LogP contribution in [-0.2, 0) is 19.6 Å². The van der Waals surface area contributed by atoms with Gasteiger partial charge >= 0.3 is 0 Å². The number of benzene rings is 3. The van der Waals surface area contributed by atoms with Crippen molar-refractivity contribution in [3.8, 4) is 22.8 Å². The summed E-state index contributed by atoms with van der Waals surface area (Å²) < 4.78 is 13.5. The van der Waals surface area contributed by atoms with E-state index in [0.29, 0.717) is 6.54 Å². The van der Waals surface area contributed by atoms with Crippen LogP contribution in [0.5, 0.6) is 11.5 Å². The Hall–Kier alpha value is -3.77. The zero-order valence-corrected chi connectivity index (χ0v) is 21.4. The van der Waals surface area contributed by atoms with Gasteiger partial charge in [0.15, 0.2) is 11.5 Å². The van der Waals surface area contributed by atoms with Gasteiger partial charge in [0.1, 0.15) is 0 Å². The zero-order valence-electron chi connectivity index (χ0n) is 21.4. The summed E-state index contributed by atoms with van der Waals surface area (Å²) in [6.45, 7) is 2.94. The predicted octanol–water partition coefficient (Wildman–Crippen LogP) is 5.88.